The number of aromatic nitrogens is 1. The molecule has 4 nitrogen and oxygen atoms in total. The number of rotatable bonds is 5. The van der Waals surface area contributed by atoms with E-state index in [2.05, 4.69) is 31.7 Å². The average Bonchev–Trinajstić information content (AvgIpc) is 2.51. The first-order chi connectivity index (χ1) is 10.0. The van der Waals surface area contributed by atoms with Crippen LogP contribution in [-0.2, 0) is 0 Å². The molecule has 2 rings (SSSR count). The van der Waals surface area contributed by atoms with Crippen LogP contribution in [0.15, 0.2) is 30.3 Å². The van der Waals surface area contributed by atoms with Crippen LogP contribution in [0.3, 0.4) is 0 Å². The van der Waals surface area contributed by atoms with Crippen molar-refractivity contribution in [2.45, 2.75) is 20.8 Å². The third-order valence-electron chi connectivity index (χ3n) is 3.68. The zero-order valence-corrected chi connectivity index (χ0v) is 12.9. The highest BCUT2D eigenvalue weighted by Crippen LogP contribution is 2.26. The van der Waals surface area contributed by atoms with E-state index in [1.807, 2.05) is 30.3 Å². The number of pyridine rings is 1. The van der Waals surface area contributed by atoms with Gasteiger partial charge in [-0.1, -0.05) is 32.0 Å². The Labute approximate surface area is 126 Å². The predicted octanol–water partition coefficient (Wildman–Crippen LogP) is 2.92. The van der Waals surface area contributed by atoms with Crippen LogP contribution in [-0.4, -0.2) is 24.6 Å². The van der Waals surface area contributed by atoms with E-state index in [-0.39, 0.29) is 5.41 Å². The number of nitriles is 1. The number of fused-ring (bicyclic) bond motifs is 1. The van der Waals surface area contributed by atoms with Gasteiger partial charge in [-0.2, -0.15) is 5.26 Å². The van der Waals surface area contributed by atoms with E-state index in [4.69, 9.17) is 10.7 Å². The Morgan fingerprint density at radius 1 is 1.33 bits per heavy atom. The fourth-order valence-electron chi connectivity index (χ4n) is 2.35. The van der Waals surface area contributed by atoms with E-state index in [1.54, 1.807) is 0 Å². The van der Waals surface area contributed by atoms with Gasteiger partial charge in [0, 0.05) is 18.5 Å². The van der Waals surface area contributed by atoms with Crippen molar-refractivity contribution in [2.75, 3.05) is 24.5 Å². The van der Waals surface area contributed by atoms with Crippen molar-refractivity contribution in [1.82, 2.24) is 4.98 Å². The summed E-state index contributed by atoms with van der Waals surface area (Å²) < 4.78 is 0. The molecule has 1 aromatic carbocycles. The summed E-state index contributed by atoms with van der Waals surface area (Å²) in [5.41, 5.74) is 7.35. The molecule has 21 heavy (non-hydrogen) atoms. The Hall–Kier alpha value is -2.12. The molecule has 4 heteroatoms. The third-order valence-corrected chi connectivity index (χ3v) is 3.68. The molecule has 110 valence electrons. The highest BCUT2D eigenvalue weighted by atomic mass is 15.2. The first-order valence-electron chi connectivity index (χ1n) is 7.25. The van der Waals surface area contributed by atoms with Crippen LogP contribution >= 0.6 is 0 Å². The van der Waals surface area contributed by atoms with E-state index in [0.717, 1.165) is 29.8 Å². The van der Waals surface area contributed by atoms with Crippen LogP contribution in [0.1, 0.15) is 26.3 Å². The molecular formula is C17H22N4. The lowest BCUT2D eigenvalue weighted by atomic mass is 9.93. The van der Waals surface area contributed by atoms with Crippen LogP contribution in [0.5, 0.6) is 0 Å². The number of hydrogen-bond donors (Lipinski definition) is 1. The highest BCUT2D eigenvalue weighted by molar-refractivity contribution is 5.83. The lowest BCUT2D eigenvalue weighted by Gasteiger charge is -2.32. The van der Waals surface area contributed by atoms with Crippen molar-refractivity contribution in [2.24, 2.45) is 11.1 Å². The molecule has 0 radical (unpaired) electrons. The molecule has 0 saturated heterocycles. The zero-order valence-electron chi connectivity index (χ0n) is 12.9. The monoisotopic (exact) mass is 282 g/mol. The molecule has 0 atom stereocenters. The molecule has 2 aromatic rings. The summed E-state index contributed by atoms with van der Waals surface area (Å²) in [6.45, 7) is 8.50. The van der Waals surface area contributed by atoms with E-state index in [9.17, 15) is 5.26 Å². The van der Waals surface area contributed by atoms with E-state index >= 15 is 0 Å². The summed E-state index contributed by atoms with van der Waals surface area (Å²) in [5.74, 6) is 0.750. The van der Waals surface area contributed by atoms with Gasteiger partial charge < -0.3 is 10.6 Å². The maximum atomic E-state index is 9.44. The lowest BCUT2D eigenvalue weighted by Crippen LogP contribution is -2.39. The Kier molecular flexibility index (Phi) is 4.44. The summed E-state index contributed by atoms with van der Waals surface area (Å²) in [7, 11) is 0. The number of benzene rings is 1. The number of para-hydroxylation sites is 1. The zero-order chi connectivity index (χ0) is 15.5. The van der Waals surface area contributed by atoms with Crippen LogP contribution < -0.4 is 10.6 Å². The largest absolute Gasteiger partial charge is 0.355 e. The molecule has 0 aliphatic rings. The average molecular weight is 282 g/mol. The van der Waals surface area contributed by atoms with Crippen molar-refractivity contribution in [3.05, 3.63) is 35.9 Å². The Bertz CT molecular complexity index is 670. The van der Waals surface area contributed by atoms with Gasteiger partial charge in [-0.3, -0.25) is 0 Å². The minimum absolute atomic E-state index is 0.0178. The van der Waals surface area contributed by atoms with Crippen LogP contribution in [0, 0.1) is 16.7 Å². The number of anilines is 1. The quantitative estimate of drug-likeness (QED) is 0.915. The molecule has 0 bridgehead atoms. The smallest absolute Gasteiger partial charge is 0.147 e. The molecule has 0 fully saturated rings. The number of nitrogens with two attached hydrogens (primary N) is 1. The second-order valence-corrected chi connectivity index (χ2v) is 6.05. The topological polar surface area (TPSA) is 65.9 Å². The molecule has 0 spiro atoms. The fraction of sp³-hybridized carbons (Fsp3) is 0.412. The minimum Gasteiger partial charge on any atom is -0.355 e. The standard InChI is InChI=1S/C17H22N4/c1-4-21(12-17(2,3)11-19)16-14(10-18)9-13-7-5-6-8-15(13)20-16/h5-9H,4,11-12,19H2,1-3H3. The van der Waals surface area contributed by atoms with Gasteiger partial charge in [-0.15, -0.1) is 0 Å². The predicted molar refractivity (Wildman–Crippen MR) is 87.2 cm³/mol. The second kappa shape index (κ2) is 6.11. The van der Waals surface area contributed by atoms with Gasteiger partial charge >= 0.3 is 0 Å². The Balaban J connectivity index is 2.49. The molecule has 1 heterocycles. The van der Waals surface area contributed by atoms with Gasteiger partial charge in [0.25, 0.3) is 0 Å². The SMILES string of the molecule is CCN(CC(C)(C)CN)c1nc2ccccc2cc1C#N. The fourth-order valence-corrected chi connectivity index (χ4v) is 2.35. The van der Waals surface area contributed by atoms with Crippen molar-refractivity contribution < 1.29 is 0 Å². The molecule has 0 aliphatic carbocycles. The molecule has 1 aromatic heterocycles. The summed E-state index contributed by atoms with van der Waals surface area (Å²) >= 11 is 0. The van der Waals surface area contributed by atoms with E-state index < -0.39 is 0 Å². The summed E-state index contributed by atoms with van der Waals surface area (Å²) in [6, 6.07) is 12.1. The summed E-state index contributed by atoms with van der Waals surface area (Å²) in [5, 5.41) is 10.4. The van der Waals surface area contributed by atoms with Crippen LogP contribution in [0.2, 0.25) is 0 Å². The van der Waals surface area contributed by atoms with Gasteiger partial charge in [0.05, 0.1) is 11.1 Å². The normalized spacial score (nSPS) is 11.4. The van der Waals surface area contributed by atoms with E-state index in [0.29, 0.717) is 12.1 Å². The van der Waals surface area contributed by atoms with Gasteiger partial charge in [0.15, 0.2) is 0 Å². The first-order valence-corrected chi connectivity index (χ1v) is 7.25. The highest BCUT2D eigenvalue weighted by Gasteiger charge is 2.22. The molecule has 0 aliphatic heterocycles. The Morgan fingerprint density at radius 3 is 2.67 bits per heavy atom. The summed E-state index contributed by atoms with van der Waals surface area (Å²) in [4.78, 5) is 6.84. The lowest BCUT2D eigenvalue weighted by molar-refractivity contribution is 0.379. The third kappa shape index (κ3) is 3.32. The second-order valence-electron chi connectivity index (χ2n) is 6.05. The Morgan fingerprint density at radius 2 is 2.05 bits per heavy atom. The van der Waals surface area contributed by atoms with Gasteiger partial charge in [0.2, 0.25) is 0 Å². The molecule has 2 N–H and O–H groups in total. The first kappa shape index (κ1) is 15.3. The maximum Gasteiger partial charge on any atom is 0.147 e. The van der Waals surface area contributed by atoms with Crippen molar-refractivity contribution >= 4 is 16.7 Å². The molecular weight excluding hydrogens is 260 g/mol. The van der Waals surface area contributed by atoms with Gasteiger partial charge in [-0.25, -0.2) is 4.98 Å². The maximum absolute atomic E-state index is 9.44. The number of hydrogen-bond acceptors (Lipinski definition) is 4. The van der Waals surface area contributed by atoms with Crippen molar-refractivity contribution in [3.8, 4) is 6.07 Å². The summed E-state index contributed by atoms with van der Waals surface area (Å²) in [6.07, 6.45) is 0. The van der Waals surface area contributed by atoms with Gasteiger partial charge in [-0.05, 0) is 31.0 Å². The van der Waals surface area contributed by atoms with Crippen LogP contribution in [0.25, 0.3) is 10.9 Å². The molecule has 0 saturated carbocycles. The van der Waals surface area contributed by atoms with E-state index in [1.165, 1.54) is 0 Å². The van der Waals surface area contributed by atoms with Crippen LogP contribution in [0.4, 0.5) is 5.82 Å². The van der Waals surface area contributed by atoms with Gasteiger partial charge in [0.1, 0.15) is 11.9 Å². The minimum atomic E-state index is -0.0178. The molecule has 0 amide bonds. The van der Waals surface area contributed by atoms with Crippen molar-refractivity contribution in [1.29, 1.82) is 5.26 Å². The van der Waals surface area contributed by atoms with Crippen molar-refractivity contribution in [3.63, 3.8) is 0 Å². The number of nitrogens with zero attached hydrogens (tertiary/aromatic N) is 3. The molecule has 0 unspecified atom stereocenters.